The monoisotopic (exact) mass is 239 g/mol. The van der Waals surface area contributed by atoms with Gasteiger partial charge in [0, 0.05) is 0 Å². The number of anilines is 1. The Hall–Kier alpha value is -1.36. The average Bonchev–Trinajstić information content (AvgIpc) is 2.23. The van der Waals surface area contributed by atoms with Gasteiger partial charge in [-0.2, -0.15) is 0 Å². The molecule has 5 heteroatoms. The van der Waals surface area contributed by atoms with Crippen LogP contribution < -0.4 is 4.90 Å². The zero-order chi connectivity index (χ0) is 11.7. The van der Waals surface area contributed by atoms with Crippen LogP contribution in [-0.2, 0) is 9.59 Å². The lowest BCUT2D eigenvalue weighted by Crippen LogP contribution is -2.43. The van der Waals surface area contributed by atoms with Crippen LogP contribution >= 0.6 is 11.8 Å². The van der Waals surface area contributed by atoms with Gasteiger partial charge in [-0.25, -0.2) is 9.29 Å². The molecular weight excluding hydrogens is 229 g/mol. The summed E-state index contributed by atoms with van der Waals surface area (Å²) < 4.78 is 13.1. The van der Waals surface area contributed by atoms with E-state index in [1.54, 1.807) is 13.0 Å². The summed E-state index contributed by atoms with van der Waals surface area (Å²) >= 11 is 1.29. The van der Waals surface area contributed by atoms with Crippen LogP contribution in [0, 0.1) is 12.7 Å². The van der Waals surface area contributed by atoms with E-state index >= 15 is 0 Å². The maximum Gasteiger partial charge on any atom is 0.243 e. The number of benzene rings is 1. The number of aryl methyl sites for hydroxylation is 1. The van der Waals surface area contributed by atoms with Gasteiger partial charge in [-0.15, -0.1) is 11.8 Å². The van der Waals surface area contributed by atoms with Gasteiger partial charge in [0.25, 0.3) is 0 Å². The normalized spacial score (nSPS) is 16.8. The van der Waals surface area contributed by atoms with E-state index in [0.717, 1.165) is 10.5 Å². The van der Waals surface area contributed by atoms with Gasteiger partial charge in [0.2, 0.25) is 11.8 Å². The molecule has 1 heterocycles. The fourth-order valence-corrected chi connectivity index (χ4v) is 2.30. The third-order valence-corrected chi connectivity index (χ3v) is 3.26. The lowest BCUT2D eigenvalue weighted by molar-refractivity contribution is -0.124. The number of halogens is 1. The van der Waals surface area contributed by atoms with E-state index in [2.05, 4.69) is 0 Å². The Morgan fingerprint density at radius 2 is 1.88 bits per heavy atom. The molecule has 0 radical (unpaired) electrons. The fraction of sp³-hybridized carbons (Fsp3) is 0.273. The summed E-state index contributed by atoms with van der Waals surface area (Å²) in [7, 11) is 0. The summed E-state index contributed by atoms with van der Waals surface area (Å²) in [5.74, 6) is -0.479. The van der Waals surface area contributed by atoms with Crippen LogP contribution in [0.15, 0.2) is 18.2 Å². The van der Waals surface area contributed by atoms with E-state index in [1.807, 2.05) is 0 Å². The first kappa shape index (κ1) is 11.1. The molecule has 1 aromatic carbocycles. The van der Waals surface area contributed by atoms with Crippen molar-refractivity contribution in [3.8, 4) is 0 Å². The molecule has 2 amide bonds. The van der Waals surface area contributed by atoms with Crippen molar-refractivity contribution < 1.29 is 14.0 Å². The van der Waals surface area contributed by atoms with Gasteiger partial charge in [-0.05, 0) is 24.6 Å². The SMILES string of the molecule is Cc1ccc(F)cc1N1C(=O)CSCC1=O. The highest BCUT2D eigenvalue weighted by atomic mass is 32.2. The van der Waals surface area contributed by atoms with E-state index in [9.17, 15) is 14.0 Å². The summed E-state index contributed by atoms with van der Waals surface area (Å²) in [5.41, 5.74) is 1.07. The smallest absolute Gasteiger partial charge is 0.243 e. The minimum atomic E-state index is -0.445. The molecule has 0 saturated carbocycles. The number of imide groups is 1. The Bertz CT molecular complexity index is 445. The first-order valence-electron chi connectivity index (χ1n) is 4.79. The molecule has 0 unspecified atom stereocenters. The second-order valence-electron chi connectivity index (χ2n) is 3.55. The maximum absolute atomic E-state index is 13.1. The van der Waals surface area contributed by atoms with E-state index in [1.165, 1.54) is 23.9 Å². The second-order valence-corrected chi connectivity index (χ2v) is 4.53. The molecular formula is C11H10FNO2S. The van der Waals surface area contributed by atoms with Gasteiger partial charge >= 0.3 is 0 Å². The molecule has 1 aliphatic heterocycles. The average molecular weight is 239 g/mol. The number of hydrogen-bond donors (Lipinski definition) is 0. The van der Waals surface area contributed by atoms with Gasteiger partial charge in [0.15, 0.2) is 0 Å². The predicted octanol–water partition coefficient (Wildman–Crippen LogP) is 1.74. The quantitative estimate of drug-likeness (QED) is 0.700. The number of rotatable bonds is 1. The summed E-state index contributed by atoms with van der Waals surface area (Å²) in [6.07, 6.45) is 0. The van der Waals surface area contributed by atoms with Gasteiger partial charge in [-0.3, -0.25) is 9.59 Å². The van der Waals surface area contributed by atoms with Gasteiger partial charge in [-0.1, -0.05) is 6.07 Å². The highest BCUT2D eigenvalue weighted by Gasteiger charge is 2.28. The van der Waals surface area contributed by atoms with Crippen LogP contribution in [0.1, 0.15) is 5.56 Å². The Morgan fingerprint density at radius 1 is 1.25 bits per heavy atom. The zero-order valence-corrected chi connectivity index (χ0v) is 9.51. The Labute approximate surface area is 96.6 Å². The summed E-state index contributed by atoms with van der Waals surface area (Å²) in [5, 5.41) is 0. The molecule has 1 aromatic rings. The third-order valence-electron chi connectivity index (χ3n) is 2.36. The molecule has 0 atom stereocenters. The van der Waals surface area contributed by atoms with Gasteiger partial charge in [0.05, 0.1) is 17.2 Å². The Balaban J connectivity index is 2.45. The van der Waals surface area contributed by atoms with Crippen LogP contribution in [-0.4, -0.2) is 23.3 Å². The van der Waals surface area contributed by atoms with E-state index in [4.69, 9.17) is 0 Å². The number of carbonyl (C=O) groups is 2. The molecule has 3 nitrogen and oxygen atoms in total. The Morgan fingerprint density at radius 3 is 2.50 bits per heavy atom. The highest BCUT2D eigenvalue weighted by molar-refractivity contribution is 8.00. The summed E-state index contributed by atoms with van der Waals surface area (Å²) in [6, 6.07) is 4.10. The topological polar surface area (TPSA) is 37.4 Å². The van der Waals surface area contributed by atoms with E-state index in [-0.39, 0.29) is 23.3 Å². The molecule has 0 aliphatic carbocycles. The van der Waals surface area contributed by atoms with Crippen molar-refractivity contribution in [3.05, 3.63) is 29.6 Å². The predicted molar refractivity (Wildman–Crippen MR) is 61.0 cm³/mol. The number of nitrogens with zero attached hydrogens (tertiary/aromatic N) is 1. The van der Waals surface area contributed by atoms with Crippen molar-refractivity contribution >= 4 is 29.3 Å². The molecule has 1 fully saturated rings. The van der Waals surface area contributed by atoms with Crippen LogP contribution in [0.4, 0.5) is 10.1 Å². The summed E-state index contributed by atoms with van der Waals surface area (Å²) in [6.45, 7) is 1.75. The molecule has 0 aromatic heterocycles. The first-order chi connectivity index (χ1) is 7.59. The van der Waals surface area contributed by atoms with Gasteiger partial charge in [0.1, 0.15) is 5.82 Å². The van der Waals surface area contributed by atoms with Crippen LogP contribution in [0.25, 0.3) is 0 Å². The number of amides is 2. The van der Waals surface area contributed by atoms with Crippen LogP contribution in [0.2, 0.25) is 0 Å². The van der Waals surface area contributed by atoms with E-state index < -0.39 is 5.82 Å². The molecule has 0 bridgehead atoms. The fourth-order valence-electron chi connectivity index (χ4n) is 1.59. The van der Waals surface area contributed by atoms with E-state index in [0.29, 0.717) is 5.69 Å². The van der Waals surface area contributed by atoms with Crippen molar-refractivity contribution in [1.82, 2.24) is 0 Å². The standard InChI is InChI=1S/C11H10FNO2S/c1-7-2-3-8(12)4-9(7)13-10(14)5-16-6-11(13)15/h2-4H,5-6H2,1H3. The van der Waals surface area contributed by atoms with Crippen LogP contribution in [0.5, 0.6) is 0 Å². The molecule has 84 valence electrons. The lowest BCUT2D eigenvalue weighted by Gasteiger charge is -2.25. The maximum atomic E-state index is 13.1. The first-order valence-corrected chi connectivity index (χ1v) is 5.95. The van der Waals surface area contributed by atoms with Gasteiger partial charge < -0.3 is 0 Å². The minimum Gasteiger partial charge on any atom is -0.273 e. The molecule has 2 rings (SSSR count). The van der Waals surface area contributed by atoms with Crippen LogP contribution in [0.3, 0.4) is 0 Å². The number of carbonyl (C=O) groups excluding carboxylic acids is 2. The lowest BCUT2D eigenvalue weighted by atomic mass is 10.1. The molecule has 0 spiro atoms. The molecule has 1 saturated heterocycles. The molecule has 1 aliphatic rings. The number of thioether (sulfide) groups is 1. The molecule has 0 N–H and O–H groups in total. The highest BCUT2D eigenvalue weighted by Crippen LogP contribution is 2.25. The molecule has 16 heavy (non-hydrogen) atoms. The third kappa shape index (κ3) is 1.95. The van der Waals surface area contributed by atoms with Crippen molar-refractivity contribution in [1.29, 1.82) is 0 Å². The van der Waals surface area contributed by atoms with Crippen molar-refractivity contribution in [2.24, 2.45) is 0 Å². The van der Waals surface area contributed by atoms with Crippen molar-refractivity contribution in [3.63, 3.8) is 0 Å². The van der Waals surface area contributed by atoms with Crippen molar-refractivity contribution in [2.75, 3.05) is 16.4 Å². The minimum absolute atomic E-state index is 0.266. The largest absolute Gasteiger partial charge is 0.273 e. The second kappa shape index (κ2) is 4.25. The summed E-state index contributed by atoms with van der Waals surface area (Å²) in [4.78, 5) is 24.3. The van der Waals surface area contributed by atoms with Crippen molar-refractivity contribution in [2.45, 2.75) is 6.92 Å². The number of hydrogen-bond acceptors (Lipinski definition) is 3. The Kier molecular flexibility index (Phi) is 2.96. The zero-order valence-electron chi connectivity index (χ0n) is 8.70.